The Morgan fingerprint density at radius 1 is 1.25 bits per heavy atom. The number of nitrogens with two attached hydrogens (primary N) is 1. The van der Waals surface area contributed by atoms with Gasteiger partial charge in [-0.25, -0.2) is 0 Å². The van der Waals surface area contributed by atoms with Crippen molar-refractivity contribution in [3.8, 4) is 6.07 Å². The second-order valence-corrected chi connectivity index (χ2v) is 6.48. The highest BCUT2D eigenvalue weighted by atomic mass is 16.3. The van der Waals surface area contributed by atoms with Gasteiger partial charge in [-0.05, 0) is 37.6 Å². The molecule has 7 nitrogen and oxygen atoms in total. The molecule has 2 atom stereocenters. The second kappa shape index (κ2) is 5.01. The third kappa shape index (κ3) is 1.97. The van der Waals surface area contributed by atoms with Gasteiger partial charge in [0, 0.05) is 5.56 Å². The number of ketones is 1. The summed E-state index contributed by atoms with van der Waals surface area (Å²) in [4.78, 5) is 35.6. The molecule has 0 spiro atoms. The number of nitrogen functional groups attached to an aromatic ring is 1. The van der Waals surface area contributed by atoms with Crippen LogP contribution in [0.25, 0.3) is 0 Å². The number of nitrogens with zero attached hydrogens (tertiary/aromatic N) is 1. The van der Waals surface area contributed by atoms with Crippen LogP contribution in [0.3, 0.4) is 0 Å². The number of anilines is 2. The molecule has 2 aromatic carbocycles. The van der Waals surface area contributed by atoms with E-state index in [1.54, 1.807) is 13.8 Å². The molecule has 0 amide bonds. The zero-order valence-electron chi connectivity index (χ0n) is 13.1. The van der Waals surface area contributed by atoms with Crippen molar-refractivity contribution in [3.05, 3.63) is 55.3 Å². The van der Waals surface area contributed by atoms with Crippen LogP contribution in [0.15, 0.2) is 27.8 Å². The van der Waals surface area contributed by atoms with Gasteiger partial charge in [0.05, 0.1) is 29.2 Å². The molecule has 0 aromatic heterocycles. The molecule has 2 aromatic rings. The molecule has 0 saturated carbocycles. The van der Waals surface area contributed by atoms with Crippen molar-refractivity contribution in [2.75, 3.05) is 11.1 Å². The van der Waals surface area contributed by atoms with E-state index < -0.39 is 28.4 Å². The van der Waals surface area contributed by atoms with Gasteiger partial charge in [-0.15, -0.1) is 0 Å². The van der Waals surface area contributed by atoms with Gasteiger partial charge in [0.2, 0.25) is 0 Å². The van der Waals surface area contributed by atoms with Crippen molar-refractivity contribution >= 4 is 17.2 Å². The molecule has 1 aliphatic carbocycles. The summed E-state index contributed by atoms with van der Waals surface area (Å²) in [5.41, 5.74) is 3.72. The maximum Gasteiger partial charge on any atom is 0.253 e. The Hall–Kier alpha value is -2.98. The van der Waals surface area contributed by atoms with Crippen molar-refractivity contribution < 1.29 is 9.90 Å². The van der Waals surface area contributed by atoms with Crippen LogP contribution in [0, 0.1) is 16.7 Å². The van der Waals surface area contributed by atoms with Crippen LogP contribution in [0.1, 0.15) is 41.4 Å². The minimum Gasteiger partial charge on any atom is -0.394 e. The third-order valence-corrected chi connectivity index (χ3v) is 4.65. The summed E-state index contributed by atoms with van der Waals surface area (Å²) >= 11 is 0. The minimum atomic E-state index is -1.17. The quantitative estimate of drug-likeness (QED) is 0.683. The summed E-state index contributed by atoms with van der Waals surface area (Å²) < 4.78 is 0. The maximum atomic E-state index is 12.6. The summed E-state index contributed by atoms with van der Waals surface area (Å²) in [5, 5.41) is 22.5. The lowest BCUT2D eigenvalue weighted by molar-refractivity contribution is 0.0245. The molecular formula is C17H15N3O4. The van der Waals surface area contributed by atoms with Crippen LogP contribution >= 0.6 is 0 Å². The van der Waals surface area contributed by atoms with Crippen molar-refractivity contribution in [1.82, 2.24) is 0 Å². The highest BCUT2D eigenvalue weighted by Crippen LogP contribution is 2.42. The van der Waals surface area contributed by atoms with Gasteiger partial charge in [-0.2, -0.15) is 5.26 Å². The van der Waals surface area contributed by atoms with E-state index in [4.69, 9.17) is 11.0 Å². The largest absolute Gasteiger partial charge is 0.394 e. The lowest BCUT2D eigenvalue weighted by Crippen LogP contribution is -2.49. The first-order valence-electron chi connectivity index (χ1n) is 7.32. The smallest absolute Gasteiger partial charge is 0.253 e. The van der Waals surface area contributed by atoms with Crippen LogP contribution in [0.4, 0.5) is 11.4 Å². The van der Waals surface area contributed by atoms with Crippen molar-refractivity contribution in [2.45, 2.75) is 26.0 Å². The number of benzene rings is 1. The first-order chi connectivity index (χ1) is 11.2. The molecule has 4 N–H and O–H groups in total. The Morgan fingerprint density at radius 3 is 2.50 bits per heavy atom. The van der Waals surface area contributed by atoms with Crippen LogP contribution < -0.4 is 21.9 Å². The Kier molecular flexibility index (Phi) is 3.32. The molecule has 3 rings (SSSR count). The summed E-state index contributed by atoms with van der Waals surface area (Å²) in [5.74, 6) is -0.259. The molecule has 0 saturated heterocycles. The molecule has 24 heavy (non-hydrogen) atoms. The summed E-state index contributed by atoms with van der Waals surface area (Å²) in [7, 11) is 0. The molecule has 0 unspecified atom stereocenters. The van der Waals surface area contributed by atoms with Gasteiger partial charge < -0.3 is 16.2 Å². The Balaban J connectivity index is 2.16. The SMILES string of the molecule is CC1(C)C(=O)c2ccc(C#N)cc2[C@@H](Nc2c(N)c(=O)c2=O)[C@@H]1O. The number of nitrogens with one attached hydrogen (secondary N) is 1. The van der Waals surface area contributed by atoms with Gasteiger partial charge in [0.25, 0.3) is 10.9 Å². The molecule has 0 aliphatic heterocycles. The number of carbonyl (C=O) groups is 1. The highest BCUT2D eigenvalue weighted by molar-refractivity contribution is 6.03. The van der Waals surface area contributed by atoms with Crippen LogP contribution in [0.5, 0.6) is 0 Å². The van der Waals surface area contributed by atoms with E-state index in [0.717, 1.165) is 0 Å². The Morgan fingerprint density at radius 2 is 1.92 bits per heavy atom. The minimum absolute atomic E-state index is 0.0671. The molecule has 7 heteroatoms. The van der Waals surface area contributed by atoms with Gasteiger partial charge in [-0.3, -0.25) is 14.4 Å². The highest BCUT2D eigenvalue weighted by Gasteiger charge is 2.47. The summed E-state index contributed by atoms with van der Waals surface area (Å²) in [6.07, 6.45) is -1.17. The number of aliphatic hydroxyl groups excluding tert-OH is 1. The monoisotopic (exact) mass is 325 g/mol. The maximum absolute atomic E-state index is 12.6. The molecule has 1 aliphatic rings. The Bertz CT molecular complexity index is 977. The zero-order chi connectivity index (χ0) is 17.8. The zero-order valence-corrected chi connectivity index (χ0v) is 13.1. The molecule has 122 valence electrons. The van der Waals surface area contributed by atoms with E-state index in [1.165, 1.54) is 18.2 Å². The van der Waals surface area contributed by atoms with E-state index in [2.05, 4.69) is 5.32 Å². The number of nitriles is 1. The lowest BCUT2D eigenvalue weighted by Gasteiger charge is -2.41. The number of hydrogen-bond acceptors (Lipinski definition) is 7. The number of Topliss-reactive ketones (excluding diaryl/α,β-unsaturated/α-hetero) is 1. The summed E-state index contributed by atoms with van der Waals surface area (Å²) in [6.45, 7) is 3.20. The van der Waals surface area contributed by atoms with E-state index >= 15 is 0 Å². The average Bonchev–Trinajstić information content (AvgIpc) is 2.59. The average molecular weight is 325 g/mol. The number of fused-ring (bicyclic) bond motifs is 1. The molecule has 0 bridgehead atoms. The van der Waals surface area contributed by atoms with E-state index in [-0.39, 0.29) is 17.2 Å². The Labute approximate surface area is 137 Å². The fourth-order valence-electron chi connectivity index (χ4n) is 3.03. The number of hydrogen-bond donors (Lipinski definition) is 3. The van der Waals surface area contributed by atoms with Gasteiger partial charge in [-0.1, -0.05) is 0 Å². The molecule has 0 heterocycles. The second-order valence-electron chi connectivity index (χ2n) is 6.48. The summed E-state index contributed by atoms with van der Waals surface area (Å²) in [6, 6.07) is 5.68. The fourth-order valence-corrected chi connectivity index (χ4v) is 3.03. The number of carbonyl (C=O) groups excluding carboxylic acids is 1. The van der Waals surface area contributed by atoms with Crippen molar-refractivity contribution in [1.29, 1.82) is 5.26 Å². The predicted octanol–water partition coefficient (Wildman–Crippen LogP) is 0.473. The topological polar surface area (TPSA) is 133 Å². The van der Waals surface area contributed by atoms with E-state index in [0.29, 0.717) is 16.7 Å². The third-order valence-electron chi connectivity index (χ3n) is 4.65. The lowest BCUT2D eigenvalue weighted by atomic mass is 9.68. The predicted molar refractivity (Wildman–Crippen MR) is 87.4 cm³/mol. The molecule has 0 radical (unpaired) electrons. The number of rotatable bonds is 2. The van der Waals surface area contributed by atoms with Crippen molar-refractivity contribution in [2.24, 2.45) is 5.41 Å². The first-order valence-corrected chi connectivity index (χ1v) is 7.32. The van der Waals surface area contributed by atoms with E-state index in [9.17, 15) is 19.5 Å². The fraction of sp³-hybridized carbons (Fsp3) is 0.294. The van der Waals surface area contributed by atoms with Crippen molar-refractivity contribution in [3.63, 3.8) is 0 Å². The van der Waals surface area contributed by atoms with Gasteiger partial charge in [0.15, 0.2) is 5.78 Å². The van der Waals surface area contributed by atoms with Crippen LogP contribution in [0.2, 0.25) is 0 Å². The van der Waals surface area contributed by atoms with Crippen LogP contribution in [-0.4, -0.2) is 17.0 Å². The van der Waals surface area contributed by atoms with E-state index in [1.807, 2.05) is 6.07 Å². The molecular weight excluding hydrogens is 310 g/mol. The van der Waals surface area contributed by atoms with Crippen LogP contribution in [-0.2, 0) is 0 Å². The van der Waals surface area contributed by atoms with Gasteiger partial charge >= 0.3 is 0 Å². The van der Waals surface area contributed by atoms with Gasteiger partial charge in [0.1, 0.15) is 11.4 Å². The first kappa shape index (κ1) is 15.9. The standard InChI is InChI=1S/C17H15N3O4/c1-17(2)15(23)8-4-3-7(6-18)5-9(8)11(16(17)24)20-12-10(19)13(21)14(12)22/h3-5,11,16,20,24H,19H2,1-2H3/t11-,16+/m1/s1. The normalized spacial score (nSPS) is 22.0. The number of aliphatic hydroxyl groups is 1. The molecule has 0 fully saturated rings.